The van der Waals surface area contributed by atoms with Crippen LogP contribution >= 0.6 is 0 Å². The van der Waals surface area contributed by atoms with Crippen LogP contribution in [0.25, 0.3) is 5.52 Å². The Morgan fingerprint density at radius 1 is 1.13 bits per heavy atom. The first-order chi connectivity index (χ1) is 11.3. The lowest BCUT2D eigenvalue weighted by molar-refractivity contribution is 0.233. The normalized spacial score (nSPS) is 10.8. The van der Waals surface area contributed by atoms with Gasteiger partial charge in [-0.05, 0) is 31.3 Å². The fourth-order valence-corrected chi connectivity index (χ4v) is 2.63. The molecule has 0 fully saturated rings. The second-order valence-corrected chi connectivity index (χ2v) is 5.53. The minimum Gasteiger partial charge on any atom is -0.492 e. The monoisotopic (exact) mass is 305 g/mol. The number of ether oxygens (including phenoxy) is 1. The summed E-state index contributed by atoms with van der Waals surface area (Å²) in [5.41, 5.74) is 2.75. The van der Waals surface area contributed by atoms with Crippen molar-refractivity contribution in [2.75, 3.05) is 20.2 Å². The Balaban J connectivity index is 1.62. The van der Waals surface area contributed by atoms with E-state index in [-0.39, 0.29) is 0 Å². The van der Waals surface area contributed by atoms with E-state index in [9.17, 15) is 5.26 Å². The Labute approximate surface area is 136 Å². The molecule has 0 spiro atoms. The van der Waals surface area contributed by atoms with E-state index in [4.69, 9.17) is 4.74 Å². The molecule has 23 heavy (non-hydrogen) atoms. The van der Waals surface area contributed by atoms with Gasteiger partial charge in [0.15, 0.2) is 0 Å². The van der Waals surface area contributed by atoms with Crippen molar-refractivity contribution in [1.82, 2.24) is 9.30 Å². The van der Waals surface area contributed by atoms with Crippen molar-refractivity contribution in [2.45, 2.75) is 6.54 Å². The molecule has 0 bridgehead atoms. The number of nitrogens with zero attached hydrogens (tertiary/aromatic N) is 3. The van der Waals surface area contributed by atoms with Gasteiger partial charge in [0.2, 0.25) is 0 Å². The first-order valence-electron chi connectivity index (χ1n) is 7.63. The highest BCUT2D eigenvalue weighted by Crippen LogP contribution is 2.19. The SMILES string of the molecule is CN(CCOc1ccccc1)Cc1cn2ccccc2c1C#N. The summed E-state index contributed by atoms with van der Waals surface area (Å²) in [6, 6.07) is 18.0. The highest BCUT2D eigenvalue weighted by atomic mass is 16.5. The molecule has 0 aliphatic carbocycles. The molecule has 0 radical (unpaired) electrons. The fraction of sp³-hybridized carbons (Fsp3) is 0.211. The van der Waals surface area contributed by atoms with Crippen molar-refractivity contribution in [3.05, 3.63) is 72.1 Å². The third-order valence-electron chi connectivity index (χ3n) is 3.80. The van der Waals surface area contributed by atoms with Gasteiger partial charge in [0, 0.05) is 31.0 Å². The van der Waals surface area contributed by atoms with Crippen LogP contribution in [0.4, 0.5) is 0 Å². The number of hydrogen-bond acceptors (Lipinski definition) is 3. The maximum Gasteiger partial charge on any atom is 0.119 e. The first-order valence-corrected chi connectivity index (χ1v) is 7.63. The summed E-state index contributed by atoms with van der Waals surface area (Å²) in [7, 11) is 2.04. The van der Waals surface area contributed by atoms with Crippen molar-refractivity contribution in [2.24, 2.45) is 0 Å². The zero-order valence-corrected chi connectivity index (χ0v) is 13.1. The molecule has 1 aromatic carbocycles. The lowest BCUT2D eigenvalue weighted by Gasteiger charge is -2.16. The minimum absolute atomic E-state index is 0.621. The smallest absolute Gasteiger partial charge is 0.119 e. The minimum atomic E-state index is 0.621. The average molecular weight is 305 g/mol. The molecule has 4 nitrogen and oxygen atoms in total. The molecule has 116 valence electrons. The largest absolute Gasteiger partial charge is 0.492 e. The van der Waals surface area contributed by atoms with Crippen LogP contribution in [0.5, 0.6) is 5.75 Å². The summed E-state index contributed by atoms with van der Waals surface area (Å²) < 4.78 is 7.72. The molecule has 0 aliphatic rings. The topological polar surface area (TPSA) is 40.7 Å². The molecule has 0 aliphatic heterocycles. The van der Waals surface area contributed by atoms with E-state index in [2.05, 4.69) is 11.0 Å². The van der Waals surface area contributed by atoms with Crippen molar-refractivity contribution < 1.29 is 4.74 Å². The Kier molecular flexibility index (Phi) is 4.60. The maximum atomic E-state index is 9.44. The maximum absolute atomic E-state index is 9.44. The van der Waals surface area contributed by atoms with Crippen LogP contribution in [-0.4, -0.2) is 29.5 Å². The van der Waals surface area contributed by atoms with Crippen molar-refractivity contribution in [1.29, 1.82) is 5.26 Å². The molecule has 4 heteroatoms. The molecular weight excluding hydrogens is 286 g/mol. The second kappa shape index (κ2) is 6.99. The van der Waals surface area contributed by atoms with E-state index >= 15 is 0 Å². The van der Waals surface area contributed by atoms with Crippen LogP contribution in [-0.2, 0) is 6.54 Å². The molecule has 0 atom stereocenters. The third-order valence-corrected chi connectivity index (χ3v) is 3.80. The first kappa shape index (κ1) is 15.1. The van der Waals surface area contributed by atoms with Gasteiger partial charge in [0.1, 0.15) is 18.4 Å². The van der Waals surface area contributed by atoms with Gasteiger partial charge in [-0.3, -0.25) is 4.90 Å². The van der Waals surface area contributed by atoms with Crippen LogP contribution in [0, 0.1) is 11.3 Å². The highest BCUT2D eigenvalue weighted by Gasteiger charge is 2.11. The van der Waals surface area contributed by atoms with E-state index in [1.807, 2.05) is 72.4 Å². The van der Waals surface area contributed by atoms with Crippen LogP contribution in [0.2, 0.25) is 0 Å². The number of pyridine rings is 1. The van der Waals surface area contributed by atoms with Crippen molar-refractivity contribution in [3.63, 3.8) is 0 Å². The molecule has 0 saturated heterocycles. The summed E-state index contributed by atoms with van der Waals surface area (Å²) in [4.78, 5) is 2.17. The second-order valence-electron chi connectivity index (χ2n) is 5.53. The van der Waals surface area contributed by atoms with Gasteiger partial charge in [0.05, 0.1) is 11.1 Å². The molecule has 3 aromatic rings. The van der Waals surface area contributed by atoms with E-state index in [0.29, 0.717) is 6.61 Å². The standard InChI is InChI=1S/C19H19N3O/c1-21(11-12-23-17-7-3-2-4-8-17)14-16-15-22-10-6-5-9-19(22)18(16)13-20/h2-10,15H,11-12,14H2,1H3. The number of aromatic nitrogens is 1. The number of hydrogen-bond donors (Lipinski definition) is 0. The number of para-hydroxylation sites is 1. The summed E-state index contributed by atoms with van der Waals surface area (Å²) in [5.74, 6) is 0.883. The zero-order valence-electron chi connectivity index (χ0n) is 13.1. The molecule has 0 unspecified atom stereocenters. The Hall–Kier alpha value is -2.77. The molecule has 0 N–H and O–H groups in total. The summed E-state index contributed by atoms with van der Waals surface area (Å²) in [6.07, 6.45) is 4.00. The Bertz CT molecular complexity index is 817. The zero-order chi connectivity index (χ0) is 16.1. The Morgan fingerprint density at radius 3 is 2.70 bits per heavy atom. The summed E-state index contributed by atoms with van der Waals surface area (Å²) in [5, 5.41) is 9.44. The predicted octanol–water partition coefficient (Wildman–Crippen LogP) is 3.32. The number of benzene rings is 1. The van der Waals surface area contributed by atoms with Crippen molar-refractivity contribution in [3.8, 4) is 11.8 Å². The number of nitriles is 1. The van der Waals surface area contributed by atoms with Crippen LogP contribution in [0.1, 0.15) is 11.1 Å². The van der Waals surface area contributed by atoms with Gasteiger partial charge < -0.3 is 9.14 Å². The Morgan fingerprint density at radius 2 is 1.91 bits per heavy atom. The molecule has 0 saturated carbocycles. The average Bonchev–Trinajstić information content (AvgIpc) is 2.92. The highest BCUT2D eigenvalue weighted by molar-refractivity contribution is 5.65. The molecule has 2 heterocycles. The lowest BCUT2D eigenvalue weighted by atomic mass is 10.1. The molecule has 3 rings (SSSR count). The van der Waals surface area contributed by atoms with E-state index in [1.54, 1.807) is 0 Å². The van der Waals surface area contributed by atoms with Gasteiger partial charge in [0.25, 0.3) is 0 Å². The molecule has 2 aromatic heterocycles. The summed E-state index contributed by atoms with van der Waals surface area (Å²) in [6.45, 7) is 2.14. The van der Waals surface area contributed by atoms with E-state index < -0.39 is 0 Å². The van der Waals surface area contributed by atoms with Crippen molar-refractivity contribution >= 4 is 5.52 Å². The van der Waals surface area contributed by atoms with E-state index in [0.717, 1.165) is 35.5 Å². The van der Waals surface area contributed by atoms with Crippen LogP contribution in [0.15, 0.2) is 60.9 Å². The molecular formula is C19H19N3O. The molecule has 0 amide bonds. The van der Waals surface area contributed by atoms with Gasteiger partial charge in [-0.1, -0.05) is 24.3 Å². The predicted molar refractivity (Wildman–Crippen MR) is 90.4 cm³/mol. The number of likely N-dealkylation sites (N-methyl/N-ethyl adjacent to an activating group) is 1. The number of rotatable bonds is 6. The number of fused-ring (bicyclic) bond motifs is 1. The quantitative estimate of drug-likeness (QED) is 0.701. The van der Waals surface area contributed by atoms with Gasteiger partial charge in [-0.2, -0.15) is 5.26 Å². The van der Waals surface area contributed by atoms with Crippen LogP contribution in [0.3, 0.4) is 0 Å². The van der Waals surface area contributed by atoms with E-state index in [1.165, 1.54) is 0 Å². The van der Waals surface area contributed by atoms with Crippen LogP contribution < -0.4 is 4.74 Å². The summed E-state index contributed by atoms with van der Waals surface area (Å²) >= 11 is 0. The van der Waals surface area contributed by atoms with Gasteiger partial charge in [-0.25, -0.2) is 0 Å². The lowest BCUT2D eigenvalue weighted by Crippen LogP contribution is -2.24. The third kappa shape index (κ3) is 3.53. The fourth-order valence-electron chi connectivity index (χ4n) is 2.63. The van der Waals surface area contributed by atoms with Gasteiger partial charge in [-0.15, -0.1) is 0 Å². The van der Waals surface area contributed by atoms with Gasteiger partial charge >= 0.3 is 0 Å².